The van der Waals surface area contributed by atoms with Gasteiger partial charge in [-0.3, -0.25) is 9.59 Å². The van der Waals surface area contributed by atoms with Gasteiger partial charge in [0.15, 0.2) is 0 Å². The Morgan fingerprint density at radius 3 is 2.67 bits per heavy atom. The Balaban J connectivity index is 1.56. The summed E-state index contributed by atoms with van der Waals surface area (Å²) in [6.45, 7) is 1.77. The van der Waals surface area contributed by atoms with Gasteiger partial charge in [-0.2, -0.15) is 5.26 Å². The Labute approximate surface area is 178 Å². The van der Waals surface area contributed by atoms with Gasteiger partial charge in [0.05, 0.1) is 32.6 Å². The number of nitriles is 1. The number of amides is 2. The maximum atomic E-state index is 12.7. The largest absolute Gasteiger partial charge is 0.349 e. The summed E-state index contributed by atoms with van der Waals surface area (Å²) in [6, 6.07) is 18.4. The summed E-state index contributed by atoms with van der Waals surface area (Å²) in [7, 11) is 0. The lowest BCUT2D eigenvalue weighted by Crippen LogP contribution is -2.26. The Morgan fingerprint density at radius 1 is 1.17 bits per heavy atom. The molecule has 0 spiro atoms. The van der Waals surface area contributed by atoms with Crippen molar-refractivity contribution in [2.45, 2.75) is 36.1 Å². The molecular weight excluding hydrogens is 396 g/mol. The minimum absolute atomic E-state index is 0.113. The molecule has 7 heteroatoms. The van der Waals surface area contributed by atoms with Crippen molar-refractivity contribution in [3.63, 3.8) is 0 Å². The first-order valence-electron chi connectivity index (χ1n) is 9.72. The summed E-state index contributed by atoms with van der Waals surface area (Å²) in [5.74, 6) is -0.348. The third-order valence-electron chi connectivity index (χ3n) is 4.82. The van der Waals surface area contributed by atoms with Crippen LogP contribution in [0.15, 0.2) is 59.6 Å². The number of rotatable bonds is 6. The van der Waals surface area contributed by atoms with E-state index >= 15 is 0 Å². The molecule has 1 atom stereocenters. The van der Waals surface area contributed by atoms with Gasteiger partial charge in [0, 0.05) is 11.4 Å². The number of benzene rings is 2. The number of pyridine rings is 1. The number of thioether (sulfide) groups is 1. The minimum atomic E-state index is -0.468. The van der Waals surface area contributed by atoms with Gasteiger partial charge in [-0.1, -0.05) is 42.1 Å². The van der Waals surface area contributed by atoms with Crippen LogP contribution in [0.3, 0.4) is 0 Å². The molecule has 1 unspecified atom stereocenters. The fourth-order valence-electron chi connectivity index (χ4n) is 3.05. The molecule has 2 N–H and O–H groups in total. The van der Waals surface area contributed by atoms with Crippen LogP contribution in [0.1, 0.15) is 35.7 Å². The maximum Gasteiger partial charge on any atom is 0.252 e. The van der Waals surface area contributed by atoms with Crippen LogP contribution in [-0.4, -0.2) is 28.1 Å². The van der Waals surface area contributed by atoms with E-state index in [4.69, 9.17) is 0 Å². The monoisotopic (exact) mass is 416 g/mol. The molecule has 150 valence electrons. The van der Waals surface area contributed by atoms with Gasteiger partial charge in [-0.25, -0.2) is 4.98 Å². The number of aromatic nitrogens is 1. The molecule has 0 aliphatic heterocycles. The minimum Gasteiger partial charge on any atom is -0.349 e. The van der Waals surface area contributed by atoms with Gasteiger partial charge < -0.3 is 10.6 Å². The van der Waals surface area contributed by atoms with Crippen molar-refractivity contribution in [3.8, 4) is 6.07 Å². The first-order valence-corrected chi connectivity index (χ1v) is 10.6. The number of para-hydroxylation sites is 2. The van der Waals surface area contributed by atoms with E-state index < -0.39 is 5.25 Å². The maximum absolute atomic E-state index is 12.7. The van der Waals surface area contributed by atoms with Crippen molar-refractivity contribution in [3.05, 3.63) is 65.7 Å². The number of carbonyl (C=O) groups is 2. The molecule has 4 rings (SSSR count). The Hall–Kier alpha value is -3.37. The zero-order valence-electron chi connectivity index (χ0n) is 16.4. The lowest BCUT2D eigenvalue weighted by atomic mass is 10.1. The van der Waals surface area contributed by atoms with E-state index in [1.54, 1.807) is 37.3 Å². The Kier molecular flexibility index (Phi) is 5.68. The van der Waals surface area contributed by atoms with E-state index in [1.165, 1.54) is 11.8 Å². The van der Waals surface area contributed by atoms with Crippen LogP contribution in [0.25, 0.3) is 10.9 Å². The molecule has 1 aliphatic rings. The van der Waals surface area contributed by atoms with Crippen molar-refractivity contribution < 1.29 is 9.59 Å². The van der Waals surface area contributed by atoms with Crippen LogP contribution in [0.2, 0.25) is 0 Å². The molecule has 0 saturated heterocycles. The number of hydrogen-bond donors (Lipinski definition) is 2. The van der Waals surface area contributed by atoms with Gasteiger partial charge in [0.25, 0.3) is 5.91 Å². The number of nitrogens with one attached hydrogen (secondary N) is 2. The summed E-state index contributed by atoms with van der Waals surface area (Å²) >= 11 is 1.28. The van der Waals surface area contributed by atoms with E-state index in [1.807, 2.05) is 24.3 Å². The lowest BCUT2D eigenvalue weighted by Gasteiger charge is -2.14. The SMILES string of the molecule is CC(Sc1cc(C(=O)NC2CC2)c2ccccc2n1)C(=O)Nc1ccccc1C#N. The first kappa shape index (κ1) is 19.9. The van der Waals surface area contributed by atoms with E-state index in [0.29, 0.717) is 27.4 Å². The second kappa shape index (κ2) is 8.56. The van der Waals surface area contributed by atoms with Crippen LogP contribution in [-0.2, 0) is 4.79 Å². The van der Waals surface area contributed by atoms with Crippen molar-refractivity contribution in [2.75, 3.05) is 5.32 Å². The third kappa shape index (κ3) is 4.44. The topological polar surface area (TPSA) is 94.9 Å². The fourth-order valence-corrected chi connectivity index (χ4v) is 3.91. The molecule has 30 heavy (non-hydrogen) atoms. The molecular formula is C23H20N4O2S. The Bertz CT molecular complexity index is 1170. The van der Waals surface area contributed by atoms with Crippen LogP contribution in [0, 0.1) is 11.3 Å². The fraction of sp³-hybridized carbons (Fsp3) is 0.217. The number of hydrogen-bond acceptors (Lipinski definition) is 5. The molecule has 0 bridgehead atoms. The van der Waals surface area contributed by atoms with Crippen molar-refractivity contribution in [1.29, 1.82) is 5.26 Å². The molecule has 1 fully saturated rings. The van der Waals surface area contributed by atoms with Crippen LogP contribution >= 0.6 is 11.8 Å². The van der Waals surface area contributed by atoms with Crippen LogP contribution < -0.4 is 10.6 Å². The second-order valence-corrected chi connectivity index (χ2v) is 8.54. The highest BCUT2D eigenvalue weighted by atomic mass is 32.2. The number of carbonyl (C=O) groups excluding carboxylic acids is 2. The number of fused-ring (bicyclic) bond motifs is 1. The van der Waals surface area contributed by atoms with Crippen molar-refractivity contribution in [2.24, 2.45) is 0 Å². The highest BCUT2D eigenvalue weighted by Crippen LogP contribution is 2.29. The lowest BCUT2D eigenvalue weighted by molar-refractivity contribution is -0.115. The normalized spacial score (nSPS) is 14.0. The average Bonchev–Trinajstić information content (AvgIpc) is 3.57. The number of nitrogens with zero attached hydrogens (tertiary/aromatic N) is 2. The molecule has 2 amide bonds. The van der Waals surface area contributed by atoms with Crippen LogP contribution in [0.4, 0.5) is 5.69 Å². The van der Waals surface area contributed by atoms with E-state index in [0.717, 1.165) is 18.2 Å². The van der Waals surface area contributed by atoms with Crippen LogP contribution in [0.5, 0.6) is 0 Å². The molecule has 1 heterocycles. The quantitative estimate of drug-likeness (QED) is 0.590. The first-order chi connectivity index (χ1) is 14.5. The zero-order chi connectivity index (χ0) is 21.1. The standard InChI is InChI=1S/C23H20N4O2S/c1-14(22(28)27-19-8-4-2-6-15(19)13-24)30-21-12-18(23(29)25-16-10-11-16)17-7-3-5-9-20(17)26-21/h2-9,12,14,16H,10-11H2,1H3,(H,25,29)(H,27,28). The molecule has 1 saturated carbocycles. The predicted molar refractivity (Wildman–Crippen MR) is 117 cm³/mol. The van der Waals surface area contributed by atoms with Gasteiger partial charge in [-0.15, -0.1) is 0 Å². The van der Waals surface area contributed by atoms with Crippen molar-refractivity contribution >= 4 is 40.2 Å². The highest BCUT2D eigenvalue weighted by molar-refractivity contribution is 8.00. The molecule has 2 aromatic carbocycles. The molecule has 0 radical (unpaired) electrons. The van der Waals surface area contributed by atoms with E-state index in [9.17, 15) is 14.9 Å². The molecule has 1 aromatic heterocycles. The van der Waals surface area contributed by atoms with E-state index in [-0.39, 0.29) is 17.9 Å². The molecule has 3 aromatic rings. The zero-order valence-corrected chi connectivity index (χ0v) is 17.2. The van der Waals surface area contributed by atoms with E-state index in [2.05, 4.69) is 21.7 Å². The summed E-state index contributed by atoms with van der Waals surface area (Å²) in [4.78, 5) is 30.0. The summed E-state index contributed by atoms with van der Waals surface area (Å²) in [6.07, 6.45) is 2.02. The smallest absolute Gasteiger partial charge is 0.252 e. The van der Waals surface area contributed by atoms with Crippen molar-refractivity contribution in [1.82, 2.24) is 10.3 Å². The summed E-state index contributed by atoms with van der Waals surface area (Å²) < 4.78 is 0. The molecule has 1 aliphatic carbocycles. The summed E-state index contributed by atoms with van der Waals surface area (Å²) in [5.41, 5.74) is 2.17. The van der Waals surface area contributed by atoms with Gasteiger partial charge in [0.1, 0.15) is 6.07 Å². The Morgan fingerprint density at radius 2 is 1.90 bits per heavy atom. The summed E-state index contributed by atoms with van der Waals surface area (Å²) in [5, 5.41) is 16.0. The molecule has 6 nitrogen and oxygen atoms in total. The second-order valence-electron chi connectivity index (χ2n) is 7.18. The predicted octanol–water partition coefficient (Wildman–Crippen LogP) is 4.12. The van der Waals surface area contributed by atoms with Gasteiger partial charge >= 0.3 is 0 Å². The highest BCUT2D eigenvalue weighted by Gasteiger charge is 2.25. The van der Waals surface area contributed by atoms with Gasteiger partial charge in [0.2, 0.25) is 5.91 Å². The van der Waals surface area contributed by atoms with Gasteiger partial charge in [-0.05, 0) is 44.0 Å². The third-order valence-corrected chi connectivity index (χ3v) is 5.84. The number of anilines is 1. The average molecular weight is 417 g/mol.